The molecule has 1 unspecified atom stereocenters. The molecule has 1 nitrogen and oxygen atoms in total. The smallest absolute Gasteiger partial charge is 0.0512 e. The Morgan fingerprint density at radius 3 is 1.16 bits per heavy atom. The molecule has 1 atom stereocenters. The first-order valence-electron chi connectivity index (χ1n) is 8.81. The number of hydrogen-bond donors (Lipinski definition) is 1. The summed E-state index contributed by atoms with van der Waals surface area (Å²) >= 11 is 0. The van der Waals surface area contributed by atoms with Gasteiger partial charge in [-0.25, -0.2) is 0 Å². The molecule has 0 saturated heterocycles. The number of aliphatic hydroxyl groups is 1. The molecule has 0 aliphatic rings. The molecular weight excluding hydrogens is 232 g/mol. The third-order valence-corrected chi connectivity index (χ3v) is 3.90. The van der Waals surface area contributed by atoms with Crippen molar-refractivity contribution in [3.8, 4) is 0 Å². The summed E-state index contributed by atoms with van der Waals surface area (Å²) in [6.45, 7) is 6.53. The highest BCUT2D eigenvalue weighted by Gasteiger charge is 1.97. The van der Waals surface area contributed by atoms with Crippen LogP contribution in [0, 0.1) is 5.92 Å². The molecule has 0 bridgehead atoms. The molecule has 0 amide bonds. The first-order valence-corrected chi connectivity index (χ1v) is 8.81. The predicted molar refractivity (Wildman–Crippen MR) is 86.5 cm³/mol. The zero-order valence-electron chi connectivity index (χ0n) is 13.8. The van der Waals surface area contributed by atoms with Crippen LogP contribution in [0.5, 0.6) is 0 Å². The Kier molecular flexibility index (Phi) is 14.3. The molecular formula is C18H38O. The van der Waals surface area contributed by atoms with Gasteiger partial charge in [0.1, 0.15) is 0 Å². The van der Waals surface area contributed by atoms with E-state index in [-0.39, 0.29) is 6.10 Å². The lowest BCUT2D eigenvalue weighted by Gasteiger charge is -2.05. The van der Waals surface area contributed by atoms with Crippen molar-refractivity contribution in [1.29, 1.82) is 0 Å². The number of unbranched alkanes of at least 4 members (excludes halogenated alkanes) is 10. The predicted octanol–water partition coefficient (Wildman–Crippen LogP) is 6.09. The van der Waals surface area contributed by atoms with Crippen molar-refractivity contribution < 1.29 is 5.11 Å². The van der Waals surface area contributed by atoms with E-state index < -0.39 is 0 Å². The van der Waals surface area contributed by atoms with Gasteiger partial charge in [0, 0.05) is 0 Å². The SMILES string of the molecule is CC(C)CCCCCCCCCCCCCC(C)O. The fourth-order valence-corrected chi connectivity index (χ4v) is 2.58. The van der Waals surface area contributed by atoms with Gasteiger partial charge in [-0.15, -0.1) is 0 Å². The highest BCUT2D eigenvalue weighted by atomic mass is 16.3. The van der Waals surface area contributed by atoms with Crippen molar-refractivity contribution in [2.24, 2.45) is 5.92 Å². The number of hydrogen-bond acceptors (Lipinski definition) is 1. The third-order valence-electron chi connectivity index (χ3n) is 3.90. The van der Waals surface area contributed by atoms with Crippen molar-refractivity contribution in [3.63, 3.8) is 0 Å². The van der Waals surface area contributed by atoms with E-state index in [1.54, 1.807) is 0 Å². The minimum absolute atomic E-state index is 0.101. The van der Waals surface area contributed by atoms with Gasteiger partial charge >= 0.3 is 0 Å². The lowest BCUT2D eigenvalue weighted by Crippen LogP contribution is -1.98. The maximum absolute atomic E-state index is 9.14. The van der Waals surface area contributed by atoms with Crippen LogP contribution in [0.2, 0.25) is 0 Å². The lowest BCUT2D eigenvalue weighted by molar-refractivity contribution is 0.180. The second kappa shape index (κ2) is 14.4. The summed E-state index contributed by atoms with van der Waals surface area (Å²) in [5, 5.41) is 9.14. The summed E-state index contributed by atoms with van der Waals surface area (Å²) in [6, 6.07) is 0. The molecule has 116 valence electrons. The molecule has 0 aliphatic carbocycles. The van der Waals surface area contributed by atoms with Crippen molar-refractivity contribution in [3.05, 3.63) is 0 Å². The zero-order valence-corrected chi connectivity index (χ0v) is 13.8. The Morgan fingerprint density at radius 1 is 0.526 bits per heavy atom. The molecule has 0 heterocycles. The van der Waals surface area contributed by atoms with Crippen LogP contribution < -0.4 is 0 Å². The van der Waals surface area contributed by atoms with Crippen molar-refractivity contribution >= 4 is 0 Å². The molecule has 0 aromatic rings. The van der Waals surface area contributed by atoms with E-state index in [0.717, 1.165) is 12.3 Å². The molecule has 0 spiro atoms. The molecule has 0 fully saturated rings. The van der Waals surface area contributed by atoms with Gasteiger partial charge < -0.3 is 5.11 Å². The largest absolute Gasteiger partial charge is 0.393 e. The second-order valence-corrected chi connectivity index (χ2v) is 6.71. The third kappa shape index (κ3) is 18.0. The molecule has 19 heavy (non-hydrogen) atoms. The fourth-order valence-electron chi connectivity index (χ4n) is 2.58. The summed E-state index contributed by atoms with van der Waals surface area (Å²) < 4.78 is 0. The van der Waals surface area contributed by atoms with Crippen LogP contribution in [-0.2, 0) is 0 Å². The lowest BCUT2D eigenvalue weighted by atomic mass is 10.0. The van der Waals surface area contributed by atoms with E-state index in [4.69, 9.17) is 5.11 Å². The summed E-state index contributed by atoms with van der Waals surface area (Å²) in [5.41, 5.74) is 0. The quantitative estimate of drug-likeness (QED) is 0.378. The van der Waals surface area contributed by atoms with Crippen molar-refractivity contribution in [2.45, 2.75) is 110 Å². The molecule has 1 N–H and O–H groups in total. The van der Waals surface area contributed by atoms with Crippen LogP contribution >= 0.6 is 0 Å². The standard InChI is InChI=1S/C18H38O/c1-17(2)15-13-11-9-7-5-4-6-8-10-12-14-16-18(3)19/h17-19H,4-16H2,1-3H3. The average Bonchev–Trinajstić information content (AvgIpc) is 2.34. The van der Waals surface area contributed by atoms with E-state index in [2.05, 4.69) is 13.8 Å². The normalized spacial score (nSPS) is 13.1. The van der Waals surface area contributed by atoms with Gasteiger partial charge in [-0.1, -0.05) is 90.9 Å². The Hall–Kier alpha value is -0.0400. The van der Waals surface area contributed by atoms with Gasteiger partial charge in [0.2, 0.25) is 0 Å². The summed E-state index contributed by atoms with van der Waals surface area (Å²) in [7, 11) is 0. The molecule has 0 aromatic carbocycles. The summed E-state index contributed by atoms with van der Waals surface area (Å²) in [5.74, 6) is 0.883. The van der Waals surface area contributed by atoms with Crippen LogP contribution in [0.15, 0.2) is 0 Å². The Balaban J connectivity index is 2.95. The van der Waals surface area contributed by atoms with E-state index >= 15 is 0 Å². The Labute approximate surface area is 122 Å². The van der Waals surface area contributed by atoms with Crippen molar-refractivity contribution in [2.75, 3.05) is 0 Å². The Morgan fingerprint density at radius 2 is 0.842 bits per heavy atom. The van der Waals surface area contributed by atoms with E-state index in [9.17, 15) is 0 Å². The van der Waals surface area contributed by atoms with Crippen LogP contribution in [0.25, 0.3) is 0 Å². The summed E-state index contributed by atoms with van der Waals surface area (Å²) in [6.07, 6.45) is 17.6. The van der Waals surface area contributed by atoms with Gasteiger partial charge in [-0.05, 0) is 19.3 Å². The average molecular weight is 271 g/mol. The molecule has 0 aliphatic heterocycles. The van der Waals surface area contributed by atoms with E-state index in [0.29, 0.717) is 0 Å². The number of rotatable bonds is 14. The van der Waals surface area contributed by atoms with Gasteiger partial charge in [0.25, 0.3) is 0 Å². The Bertz CT molecular complexity index is 145. The second-order valence-electron chi connectivity index (χ2n) is 6.71. The number of aliphatic hydroxyl groups excluding tert-OH is 1. The van der Waals surface area contributed by atoms with E-state index in [1.807, 2.05) is 6.92 Å². The molecule has 0 saturated carbocycles. The summed E-state index contributed by atoms with van der Waals surface area (Å²) in [4.78, 5) is 0. The minimum Gasteiger partial charge on any atom is -0.393 e. The van der Waals surface area contributed by atoms with E-state index in [1.165, 1.54) is 77.0 Å². The van der Waals surface area contributed by atoms with Gasteiger partial charge in [-0.3, -0.25) is 0 Å². The van der Waals surface area contributed by atoms with Gasteiger partial charge in [-0.2, -0.15) is 0 Å². The van der Waals surface area contributed by atoms with Gasteiger partial charge in [0.05, 0.1) is 6.10 Å². The van der Waals surface area contributed by atoms with Crippen LogP contribution in [0.3, 0.4) is 0 Å². The molecule has 0 rings (SSSR count). The highest BCUT2D eigenvalue weighted by molar-refractivity contribution is 4.51. The first kappa shape index (κ1) is 19.0. The minimum atomic E-state index is -0.101. The van der Waals surface area contributed by atoms with Crippen LogP contribution in [-0.4, -0.2) is 11.2 Å². The van der Waals surface area contributed by atoms with Crippen LogP contribution in [0.1, 0.15) is 104 Å². The van der Waals surface area contributed by atoms with Crippen LogP contribution in [0.4, 0.5) is 0 Å². The monoisotopic (exact) mass is 270 g/mol. The fraction of sp³-hybridized carbons (Fsp3) is 1.00. The van der Waals surface area contributed by atoms with Gasteiger partial charge in [0.15, 0.2) is 0 Å². The zero-order chi connectivity index (χ0) is 14.3. The van der Waals surface area contributed by atoms with Crippen molar-refractivity contribution in [1.82, 2.24) is 0 Å². The molecule has 0 aromatic heterocycles. The topological polar surface area (TPSA) is 20.2 Å². The molecule has 1 heteroatoms. The first-order chi connectivity index (χ1) is 9.13. The molecule has 0 radical (unpaired) electrons. The highest BCUT2D eigenvalue weighted by Crippen LogP contribution is 2.14. The maximum Gasteiger partial charge on any atom is 0.0512 e. The maximum atomic E-state index is 9.14.